The molecule has 0 aliphatic carbocycles. The summed E-state index contributed by atoms with van der Waals surface area (Å²) < 4.78 is 28.6. The standard InChI is InChI=1S/C11H16O5S/c1-3-8(4-2)7-17(14,15)10-6-5-9(16-10)11(12)13/h5-6,8H,3-4,7H2,1-2H3,(H,12,13). The average Bonchev–Trinajstić information content (AvgIpc) is 2.75. The Hall–Kier alpha value is -1.30. The summed E-state index contributed by atoms with van der Waals surface area (Å²) >= 11 is 0. The molecule has 96 valence electrons. The van der Waals surface area contributed by atoms with Crippen molar-refractivity contribution in [2.75, 3.05) is 5.75 Å². The Kier molecular flexibility index (Phi) is 4.34. The zero-order chi connectivity index (χ0) is 13.1. The molecule has 0 fully saturated rings. The van der Waals surface area contributed by atoms with E-state index in [9.17, 15) is 13.2 Å². The van der Waals surface area contributed by atoms with Gasteiger partial charge in [0.25, 0.3) is 0 Å². The molecule has 1 N–H and O–H groups in total. The topological polar surface area (TPSA) is 84.6 Å². The number of hydrogen-bond donors (Lipinski definition) is 1. The van der Waals surface area contributed by atoms with Crippen molar-refractivity contribution in [1.82, 2.24) is 0 Å². The van der Waals surface area contributed by atoms with E-state index in [-0.39, 0.29) is 22.5 Å². The van der Waals surface area contributed by atoms with Crippen molar-refractivity contribution in [1.29, 1.82) is 0 Å². The Morgan fingerprint density at radius 2 is 1.94 bits per heavy atom. The Morgan fingerprint density at radius 1 is 1.35 bits per heavy atom. The van der Waals surface area contributed by atoms with E-state index < -0.39 is 15.8 Å². The zero-order valence-electron chi connectivity index (χ0n) is 9.84. The first-order valence-electron chi connectivity index (χ1n) is 5.46. The molecule has 0 aromatic carbocycles. The van der Waals surface area contributed by atoms with Gasteiger partial charge >= 0.3 is 5.97 Å². The van der Waals surface area contributed by atoms with Crippen molar-refractivity contribution >= 4 is 15.8 Å². The van der Waals surface area contributed by atoms with Gasteiger partial charge in [0.1, 0.15) is 0 Å². The smallest absolute Gasteiger partial charge is 0.371 e. The monoisotopic (exact) mass is 260 g/mol. The summed E-state index contributed by atoms with van der Waals surface area (Å²) in [6, 6.07) is 2.35. The highest BCUT2D eigenvalue weighted by atomic mass is 32.2. The number of furan rings is 1. The van der Waals surface area contributed by atoms with Crippen LogP contribution in [-0.4, -0.2) is 25.2 Å². The molecular formula is C11H16O5S. The van der Waals surface area contributed by atoms with Gasteiger partial charge < -0.3 is 9.52 Å². The van der Waals surface area contributed by atoms with Crippen molar-refractivity contribution in [3.63, 3.8) is 0 Å². The van der Waals surface area contributed by atoms with Crippen LogP contribution in [0.25, 0.3) is 0 Å². The number of carboxylic acids is 1. The molecular weight excluding hydrogens is 244 g/mol. The number of aromatic carboxylic acids is 1. The molecule has 1 rings (SSSR count). The molecule has 1 aromatic heterocycles. The van der Waals surface area contributed by atoms with E-state index in [4.69, 9.17) is 9.52 Å². The first kappa shape index (κ1) is 13.8. The Bertz CT molecular complexity index is 482. The summed E-state index contributed by atoms with van der Waals surface area (Å²) in [7, 11) is -3.53. The van der Waals surface area contributed by atoms with E-state index in [2.05, 4.69) is 0 Å². The molecule has 0 aliphatic rings. The molecule has 0 saturated heterocycles. The minimum Gasteiger partial charge on any atom is -0.475 e. The zero-order valence-corrected chi connectivity index (χ0v) is 10.7. The second-order valence-electron chi connectivity index (χ2n) is 3.89. The molecule has 0 bridgehead atoms. The van der Waals surface area contributed by atoms with E-state index in [1.54, 1.807) is 0 Å². The van der Waals surface area contributed by atoms with Crippen molar-refractivity contribution in [2.45, 2.75) is 31.8 Å². The van der Waals surface area contributed by atoms with E-state index in [0.717, 1.165) is 18.9 Å². The molecule has 0 atom stereocenters. The maximum Gasteiger partial charge on any atom is 0.371 e. The van der Waals surface area contributed by atoms with Crippen LogP contribution in [0.3, 0.4) is 0 Å². The highest BCUT2D eigenvalue weighted by Crippen LogP contribution is 2.20. The van der Waals surface area contributed by atoms with Gasteiger partial charge in [0.15, 0.2) is 0 Å². The van der Waals surface area contributed by atoms with Crippen LogP contribution < -0.4 is 0 Å². The summed E-state index contributed by atoms with van der Waals surface area (Å²) in [6.45, 7) is 3.85. The summed E-state index contributed by atoms with van der Waals surface area (Å²) in [5, 5.41) is 8.39. The van der Waals surface area contributed by atoms with Crippen molar-refractivity contribution in [3.05, 3.63) is 17.9 Å². The molecule has 5 nitrogen and oxygen atoms in total. The van der Waals surface area contributed by atoms with Crippen LogP contribution in [-0.2, 0) is 9.84 Å². The van der Waals surface area contributed by atoms with Crippen LogP contribution in [0.4, 0.5) is 0 Å². The Balaban J connectivity index is 2.93. The third kappa shape index (κ3) is 3.33. The molecule has 1 aromatic rings. The second kappa shape index (κ2) is 5.35. The van der Waals surface area contributed by atoms with Crippen LogP contribution in [0.1, 0.15) is 37.2 Å². The number of carbonyl (C=O) groups is 1. The Labute approximate surface area is 100 Å². The van der Waals surface area contributed by atoms with Crippen LogP contribution >= 0.6 is 0 Å². The molecule has 1 heterocycles. The molecule has 0 saturated carbocycles. The first-order valence-corrected chi connectivity index (χ1v) is 7.11. The molecule has 17 heavy (non-hydrogen) atoms. The minimum absolute atomic E-state index is 0.00737. The number of sulfone groups is 1. The summed E-state index contributed by atoms with van der Waals surface area (Å²) in [5.74, 6) is -1.56. The number of carboxylic acid groups (broad SMARTS) is 1. The van der Waals surface area contributed by atoms with Crippen molar-refractivity contribution in [3.8, 4) is 0 Å². The molecule has 6 heteroatoms. The summed E-state index contributed by atoms with van der Waals surface area (Å²) in [6.07, 6.45) is 1.53. The van der Waals surface area contributed by atoms with Gasteiger partial charge in [-0.2, -0.15) is 0 Å². The quantitative estimate of drug-likeness (QED) is 0.847. The van der Waals surface area contributed by atoms with Crippen molar-refractivity contribution < 1.29 is 22.7 Å². The maximum absolute atomic E-state index is 11.9. The highest BCUT2D eigenvalue weighted by Gasteiger charge is 2.23. The third-order valence-corrected chi connectivity index (χ3v) is 4.45. The summed E-state index contributed by atoms with van der Waals surface area (Å²) in [4.78, 5) is 10.6. The van der Waals surface area contributed by atoms with Gasteiger partial charge in [-0.15, -0.1) is 0 Å². The van der Waals surface area contributed by atoms with Gasteiger partial charge in [0.2, 0.25) is 20.7 Å². The van der Waals surface area contributed by atoms with Gasteiger partial charge in [-0.25, -0.2) is 13.2 Å². The normalized spacial score (nSPS) is 11.9. The van der Waals surface area contributed by atoms with Gasteiger partial charge in [-0.3, -0.25) is 0 Å². The van der Waals surface area contributed by atoms with Crippen molar-refractivity contribution in [2.24, 2.45) is 5.92 Å². The van der Waals surface area contributed by atoms with Crippen LogP contribution in [0, 0.1) is 5.92 Å². The maximum atomic E-state index is 11.9. The molecule has 0 amide bonds. The molecule has 0 aliphatic heterocycles. The average molecular weight is 260 g/mol. The van der Waals surface area contributed by atoms with E-state index in [1.807, 2.05) is 13.8 Å². The fourth-order valence-electron chi connectivity index (χ4n) is 1.52. The lowest BCUT2D eigenvalue weighted by Gasteiger charge is -2.10. The fraction of sp³-hybridized carbons (Fsp3) is 0.545. The predicted octanol–water partition coefficient (Wildman–Crippen LogP) is 2.19. The molecule has 0 unspecified atom stereocenters. The van der Waals surface area contributed by atoms with Crippen LogP contribution in [0.2, 0.25) is 0 Å². The van der Waals surface area contributed by atoms with Crippen LogP contribution in [0.15, 0.2) is 21.6 Å². The Morgan fingerprint density at radius 3 is 2.35 bits per heavy atom. The molecule has 0 radical (unpaired) electrons. The molecule has 0 spiro atoms. The predicted molar refractivity (Wildman–Crippen MR) is 61.8 cm³/mol. The lowest BCUT2D eigenvalue weighted by molar-refractivity contribution is 0.0656. The number of rotatable bonds is 6. The van der Waals surface area contributed by atoms with Gasteiger partial charge in [-0.1, -0.05) is 26.7 Å². The van der Waals surface area contributed by atoms with Gasteiger partial charge in [-0.05, 0) is 18.1 Å². The summed E-state index contributed by atoms with van der Waals surface area (Å²) in [5.41, 5.74) is 0. The van der Waals surface area contributed by atoms with Crippen LogP contribution in [0.5, 0.6) is 0 Å². The number of hydrogen-bond acceptors (Lipinski definition) is 4. The van der Waals surface area contributed by atoms with E-state index in [1.165, 1.54) is 6.07 Å². The first-order chi connectivity index (χ1) is 7.90. The SMILES string of the molecule is CCC(CC)CS(=O)(=O)c1ccc(C(=O)O)o1. The second-order valence-corrected chi connectivity index (χ2v) is 5.85. The van der Waals surface area contributed by atoms with Gasteiger partial charge in [0, 0.05) is 0 Å². The van der Waals surface area contributed by atoms with E-state index in [0.29, 0.717) is 0 Å². The third-order valence-electron chi connectivity index (χ3n) is 2.71. The minimum atomic E-state index is -3.53. The van der Waals surface area contributed by atoms with Gasteiger partial charge in [0.05, 0.1) is 5.75 Å². The van der Waals surface area contributed by atoms with E-state index >= 15 is 0 Å². The largest absolute Gasteiger partial charge is 0.475 e. The fourth-order valence-corrected chi connectivity index (χ4v) is 3.27. The highest BCUT2D eigenvalue weighted by molar-refractivity contribution is 7.91. The lowest BCUT2D eigenvalue weighted by Crippen LogP contribution is -2.14. The lowest BCUT2D eigenvalue weighted by atomic mass is 10.1.